The van der Waals surface area contributed by atoms with Gasteiger partial charge in [0.2, 0.25) is 0 Å². The Bertz CT molecular complexity index is 383. The van der Waals surface area contributed by atoms with E-state index in [2.05, 4.69) is 4.98 Å². The summed E-state index contributed by atoms with van der Waals surface area (Å²) in [6.45, 7) is 5.88. The molecule has 0 aliphatic carbocycles. The second-order valence-corrected chi connectivity index (χ2v) is 2.86. The Morgan fingerprint density at radius 1 is 1.14 bits per heavy atom. The van der Waals surface area contributed by atoms with E-state index >= 15 is 0 Å². The molecule has 0 spiro atoms. The molecule has 0 amide bonds. The molecule has 2 heteroatoms. The summed E-state index contributed by atoms with van der Waals surface area (Å²) in [5.74, 6) is 0.329. The topological polar surface area (TPSA) is 33.1 Å². The number of aromatic nitrogens is 1. The van der Waals surface area contributed by atoms with Crippen LogP contribution in [0.25, 0.3) is 10.8 Å². The lowest BCUT2D eigenvalue weighted by atomic mass is 10.1. The van der Waals surface area contributed by atoms with Crippen LogP contribution < -0.4 is 0 Å². The lowest BCUT2D eigenvalue weighted by Gasteiger charge is -2.00. The molecule has 0 saturated heterocycles. The molecule has 0 aliphatic rings. The van der Waals surface area contributed by atoms with Gasteiger partial charge in [-0.15, -0.1) is 0 Å². The summed E-state index contributed by atoms with van der Waals surface area (Å²) in [5.41, 5.74) is 0.897. The van der Waals surface area contributed by atoms with Crippen LogP contribution in [0.4, 0.5) is 0 Å². The quantitative estimate of drug-likeness (QED) is 0.690. The monoisotopic (exact) mass is 189 g/mol. The molecular weight excluding hydrogens is 174 g/mol. The van der Waals surface area contributed by atoms with E-state index in [4.69, 9.17) is 0 Å². The summed E-state index contributed by atoms with van der Waals surface area (Å²) in [6.07, 6.45) is 3.49. The van der Waals surface area contributed by atoms with Gasteiger partial charge < -0.3 is 5.11 Å². The van der Waals surface area contributed by atoms with Crippen molar-refractivity contribution in [1.29, 1.82) is 0 Å². The lowest BCUT2D eigenvalue weighted by molar-refractivity contribution is 0.472. The summed E-state index contributed by atoms with van der Waals surface area (Å²) in [4.78, 5) is 3.97. The van der Waals surface area contributed by atoms with E-state index < -0.39 is 0 Å². The van der Waals surface area contributed by atoms with Gasteiger partial charge in [-0.1, -0.05) is 13.8 Å². The van der Waals surface area contributed by atoms with Gasteiger partial charge in [0.1, 0.15) is 5.75 Å². The number of rotatable bonds is 0. The SMILES string of the molecule is CC.Cc1cc2ccncc2cc1O. The number of fused-ring (bicyclic) bond motifs is 1. The van der Waals surface area contributed by atoms with Crippen molar-refractivity contribution in [3.8, 4) is 5.75 Å². The van der Waals surface area contributed by atoms with Crippen LogP contribution in [0.15, 0.2) is 30.6 Å². The van der Waals surface area contributed by atoms with Crippen LogP contribution in [-0.4, -0.2) is 10.1 Å². The molecule has 0 bridgehead atoms. The first-order chi connectivity index (χ1) is 6.77. The second-order valence-electron chi connectivity index (χ2n) is 2.86. The van der Waals surface area contributed by atoms with Crippen LogP contribution in [0.5, 0.6) is 5.75 Å². The summed E-state index contributed by atoms with van der Waals surface area (Å²) in [7, 11) is 0. The van der Waals surface area contributed by atoms with Gasteiger partial charge in [0.15, 0.2) is 0 Å². The lowest BCUT2D eigenvalue weighted by Crippen LogP contribution is -1.78. The number of phenolic OH excluding ortho intramolecular Hbond substituents is 1. The molecule has 0 fully saturated rings. The summed E-state index contributed by atoms with van der Waals surface area (Å²) in [5, 5.41) is 11.5. The van der Waals surface area contributed by atoms with E-state index in [9.17, 15) is 5.11 Å². The number of hydrogen-bond donors (Lipinski definition) is 1. The van der Waals surface area contributed by atoms with Crippen molar-refractivity contribution in [3.63, 3.8) is 0 Å². The minimum Gasteiger partial charge on any atom is -0.508 e. The zero-order chi connectivity index (χ0) is 10.6. The molecule has 0 aliphatic heterocycles. The number of nitrogens with zero attached hydrogens (tertiary/aromatic N) is 1. The highest BCUT2D eigenvalue weighted by Gasteiger charge is 1.97. The van der Waals surface area contributed by atoms with Crippen LogP contribution in [0, 0.1) is 6.92 Å². The zero-order valence-electron chi connectivity index (χ0n) is 8.78. The Morgan fingerprint density at radius 3 is 2.57 bits per heavy atom. The van der Waals surface area contributed by atoms with Gasteiger partial charge in [-0.3, -0.25) is 4.98 Å². The van der Waals surface area contributed by atoms with Crippen LogP contribution in [0.3, 0.4) is 0 Å². The first-order valence-electron chi connectivity index (χ1n) is 4.81. The van der Waals surface area contributed by atoms with Gasteiger partial charge in [-0.25, -0.2) is 0 Å². The summed E-state index contributed by atoms with van der Waals surface area (Å²) < 4.78 is 0. The van der Waals surface area contributed by atoms with Crippen molar-refractivity contribution >= 4 is 10.8 Å². The second kappa shape index (κ2) is 4.61. The molecule has 0 atom stereocenters. The fraction of sp³-hybridized carbons (Fsp3) is 0.250. The van der Waals surface area contributed by atoms with E-state index in [0.717, 1.165) is 16.3 Å². The molecule has 0 saturated carbocycles. The maximum Gasteiger partial charge on any atom is 0.119 e. The molecule has 2 nitrogen and oxygen atoms in total. The summed E-state index contributed by atoms with van der Waals surface area (Å²) >= 11 is 0. The summed E-state index contributed by atoms with van der Waals surface area (Å²) in [6, 6.07) is 5.62. The Kier molecular flexibility index (Phi) is 3.46. The van der Waals surface area contributed by atoms with Crippen molar-refractivity contribution in [2.24, 2.45) is 0 Å². The molecular formula is C12H15NO. The standard InChI is InChI=1S/C10H9NO.C2H6/c1-7-4-8-2-3-11-6-9(8)5-10(7)12;1-2/h2-6,12H,1H3;1-2H3. The first kappa shape index (κ1) is 10.5. The molecule has 1 N–H and O–H groups in total. The van der Waals surface area contributed by atoms with Gasteiger partial charge in [-0.05, 0) is 36.1 Å². The molecule has 74 valence electrons. The van der Waals surface area contributed by atoms with Crippen molar-refractivity contribution < 1.29 is 5.11 Å². The molecule has 2 rings (SSSR count). The Labute approximate surface area is 84.2 Å². The van der Waals surface area contributed by atoms with Crippen molar-refractivity contribution in [1.82, 2.24) is 4.98 Å². The number of phenols is 1. The molecule has 0 unspecified atom stereocenters. The Hall–Kier alpha value is -1.57. The largest absolute Gasteiger partial charge is 0.508 e. The maximum absolute atomic E-state index is 9.39. The van der Waals surface area contributed by atoms with Gasteiger partial charge >= 0.3 is 0 Å². The average molecular weight is 189 g/mol. The molecule has 14 heavy (non-hydrogen) atoms. The fourth-order valence-corrected chi connectivity index (χ4v) is 1.24. The minimum atomic E-state index is 0.329. The predicted molar refractivity (Wildman–Crippen MR) is 59.5 cm³/mol. The molecule has 1 aromatic carbocycles. The first-order valence-corrected chi connectivity index (χ1v) is 4.81. The van der Waals surface area contributed by atoms with E-state index in [1.54, 1.807) is 18.5 Å². The highest BCUT2D eigenvalue weighted by Crippen LogP contribution is 2.22. The Morgan fingerprint density at radius 2 is 1.86 bits per heavy atom. The minimum absolute atomic E-state index is 0.329. The van der Waals surface area contributed by atoms with Crippen LogP contribution >= 0.6 is 0 Å². The maximum atomic E-state index is 9.39. The Balaban J connectivity index is 0.000000461. The highest BCUT2D eigenvalue weighted by atomic mass is 16.3. The third-order valence-corrected chi connectivity index (χ3v) is 1.96. The van der Waals surface area contributed by atoms with Crippen LogP contribution in [-0.2, 0) is 0 Å². The zero-order valence-corrected chi connectivity index (χ0v) is 8.78. The van der Waals surface area contributed by atoms with Crippen molar-refractivity contribution in [2.45, 2.75) is 20.8 Å². The number of pyridine rings is 1. The average Bonchev–Trinajstić information content (AvgIpc) is 2.23. The molecule has 1 heterocycles. The van der Waals surface area contributed by atoms with Gasteiger partial charge in [-0.2, -0.15) is 0 Å². The fourth-order valence-electron chi connectivity index (χ4n) is 1.24. The van der Waals surface area contributed by atoms with Gasteiger partial charge in [0.05, 0.1) is 0 Å². The van der Waals surface area contributed by atoms with E-state index in [1.165, 1.54) is 0 Å². The molecule has 2 aromatic rings. The highest BCUT2D eigenvalue weighted by molar-refractivity contribution is 5.83. The van der Waals surface area contributed by atoms with E-state index in [1.807, 2.05) is 32.9 Å². The van der Waals surface area contributed by atoms with Crippen LogP contribution in [0.1, 0.15) is 19.4 Å². The normalized spacial score (nSPS) is 9.36. The predicted octanol–water partition coefficient (Wildman–Crippen LogP) is 3.28. The third kappa shape index (κ3) is 2.02. The molecule has 1 aromatic heterocycles. The van der Waals surface area contributed by atoms with Gasteiger partial charge in [0.25, 0.3) is 0 Å². The molecule has 0 radical (unpaired) electrons. The number of aromatic hydroxyl groups is 1. The van der Waals surface area contributed by atoms with Crippen molar-refractivity contribution in [2.75, 3.05) is 0 Å². The van der Waals surface area contributed by atoms with Crippen LogP contribution in [0.2, 0.25) is 0 Å². The van der Waals surface area contributed by atoms with E-state index in [-0.39, 0.29) is 0 Å². The number of hydrogen-bond acceptors (Lipinski definition) is 2. The third-order valence-electron chi connectivity index (χ3n) is 1.96. The van der Waals surface area contributed by atoms with Crippen molar-refractivity contribution in [3.05, 3.63) is 36.2 Å². The smallest absolute Gasteiger partial charge is 0.119 e. The van der Waals surface area contributed by atoms with Gasteiger partial charge in [0, 0.05) is 17.8 Å². The number of aryl methyl sites for hydroxylation is 1. The number of benzene rings is 1. The van der Waals surface area contributed by atoms with E-state index in [0.29, 0.717) is 5.75 Å².